The third-order valence-corrected chi connectivity index (χ3v) is 7.62. The van der Waals surface area contributed by atoms with Crippen molar-refractivity contribution in [3.8, 4) is 23.1 Å². The molecule has 1 spiro atoms. The number of fused-ring (bicyclic) bond motifs is 4. The third-order valence-electron chi connectivity index (χ3n) is 5.77. The van der Waals surface area contributed by atoms with Crippen molar-refractivity contribution in [2.75, 3.05) is 11.8 Å². The van der Waals surface area contributed by atoms with E-state index < -0.39 is 10.0 Å². The van der Waals surface area contributed by atoms with Crippen LogP contribution in [0.1, 0.15) is 29.5 Å². The summed E-state index contributed by atoms with van der Waals surface area (Å²) in [6.45, 7) is 0. The van der Waals surface area contributed by atoms with Gasteiger partial charge in [0.15, 0.2) is 11.6 Å². The fourth-order valence-corrected chi connectivity index (χ4v) is 5.69. The maximum atomic E-state index is 13.1. The number of anilines is 1. The van der Waals surface area contributed by atoms with Crippen molar-refractivity contribution in [1.29, 1.82) is 5.26 Å². The van der Waals surface area contributed by atoms with Crippen molar-refractivity contribution < 1.29 is 17.7 Å². The lowest BCUT2D eigenvalue weighted by atomic mass is 9.79. The van der Waals surface area contributed by atoms with E-state index >= 15 is 0 Å². The van der Waals surface area contributed by atoms with Crippen molar-refractivity contribution >= 4 is 31.8 Å². The molecule has 0 atom stereocenters. The van der Waals surface area contributed by atoms with Crippen LogP contribution < -0.4 is 9.46 Å². The molecule has 0 bridgehead atoms. The van der Waals surface area contributed by atoms with Gasteiger partial charge in [0.05, 0.1) is 18.7 Å². The molecule has 2 aliphatic rings. The van der Waals surface area contributed by atoms with Crippen molar-refractivity contribution in [3.05, 3.63) is 57.6 Å². The Balaban J connectivity index is 1.59. The second-order valence-corrected chi connectivity index (χ2v) is 10.1. The normalized spacial score (nSPS) is 15.8. The van der Waals surface area contributed by atoms with Crippen LogP contribution in [0.2, 0.25) is 0 Å². The fraction of sp³-hybridized carbons (Fsp3) is 0.238. The monoisotopic (exact) mass is 485 g/mol. The van der Waals surface area contributed by atoms with Crippen LogP contribution in [0.4, 0.5) is 5.82 Å². The standard InChI is InChI=1S/C21H16BrN3O4S/c1-28-17-5-2-12(11-23)8-18(17)30(26,27)25-20-15-10-21(6-7-21)16-4-3-13(22)9-14(16)19(15)29-24-20/h2-5,8-9H,6-7,10H2,1H3,(H,24,25). The van der Waals surface area contributed by atoms with Gasteiger partial charge in [0, 0.05) is 21.0 Å². The highest BCUT2D eigenvalue weighted by atomic mass is 79.9. The Morgan fingerprint density at radius 3 is 2.77 bits per heavy atom. The van der Waals surface area contributed by atoms with Crippen LogP contribution in [0.5, 0.6) is 5.75 Å². The summed E-state index contributed by atoms with van der Waals surface area (Å²) in [5.41, 5.74) is 3.12. The lowest BCUT2D eigenvalue weighted by Gasteiger charge is -2.24. The Kier molecular flexibility index (Phi) is 4.21. The largest absolute Gasteiger partial charge is 0.495 e. The highest BCUT2D eigenvalue weighted by Crippen LogP contribution is 2.58. The number of halogens is 1. The lowest BCUT2D eigenvalue weighted by molar-refractivity contribution is 0.403. The smallest absolute Gasteiger partial charge is 0.266 e. The first-order valence-corrected chi connectivity index (χ1v) is 11.5. The molecule has 3 aromatic rings. The van der Waals surface area contributed by atoms with Gasteiger partial charge in [-0.1, -0.05) is 27.2 Å². The van der Waals surface area contributed by atoms with Crippen molar-refractivity contribution in [1.82, 2.24) is 5.16 Å². The summed E-state index contributed by atoms with van der Waals surface area (Å²) in [5, 5.41) is 13.2. The first-order chi connectivity index (χ1) is 14.4. The second-order valence-electron chi connectivity index (χ2n) is 7.57. The van der Waals surface area contributed by atoms with Crippen LogP contribution in [0, 0.1) is 11.3 Å². The number of nitrogens with one attached hydrogen (secondary N) is 1. The van der Waals surface area contributed by atoms with Crippen LogP contribution in [0.15, 0.2) is 50.3 Å². The number of benzene rings is 2. The van der Waals surface area contributed by atoms with Crippen molar-refractivity contribution in [3.63, 3.8) is 0 Å². The molecule has 7 nitrogen and oxygen atoms in total. The lowest BCUT2D eigenvalue weighted by Crippen LogP contribution is -2.20. The highest BCUT2D eigenvalue weighted by Gasteiger charge is 2.50. The second kappa shape index (κ2) is 6.59. The molecule has 9 heteroatoms. The Labute approximate surface area is 181 Å². The van der Waals surface area contributed by atoms with Crippen LogP contribution in [-0.2, 0) is 21.9 Å². The zero-order valence-corrected chi connectivity index (χ0v) is 18.3. The molecule has 2 aromatic carbocycles. The number of nitriles is 1. The zero-order chi connectivity index (χ0) is 21.1. The van der Waals surface area contributed by atoms with Gasteiger partial charge in [-0.3, -0.25) is 4.72 Å². The number of ether oxygens (including phenoxy) is 1. The fourth-order valence-electron chi connectivity index (χ4n) is 4.10. The van der Waals surface area contributed by atoms with E-state index in [1.165, 1.54) is 30.9 Å². The number of nitrogens with zero attached hydrogens (tertiary/aromatic N) is 2. The number of aromatic nitrogens is 1. The van der Waals surface area contributed by atoms with Crippen molar-refractivity contribution in [2.45, 2.75) is 29.6 Å². The van der Waals surface area contributed by atoms with E-state index in [2.05, 4.69) is 31.9 Å². The predicted molar refractivity (Wildman–Crippen MR) is 113 cm³/mol. The van der Waals surface area contributed by atoms with Crippen LogP contribution in [0.25, 0.3) is 11.3 Å². The molecule has 0 unspecified atom stereocenters. The Bertz CT molecular complexity index is 1340. The summed E-state index contributed by atoms with van der Waals surface area (Å²) in [6, 6.07) is 12.3. The van der Waals surface area contributed by atoms with Gasteiger partial charge in [-0.2, -0.15) is 5.26 Å². The summed E-state index contributed by atoms with van der Waals surface area (Å²) in [6.07, 6.45) is 2.74. The summed E-state index contributed by atoms with van der Waals surface area (Å²) >= 11 is 3.50. The van der Waals surface area contributed by atoms with Gasteiger partial charge in [-0.25, -0.2) is 8.42 Å². The van der Waals surface area contributed by atoms with Gasteiger partial charge in [0.2, 0.25) is 0 Å². The van der Waals surface area contributed by atoms with Gasteiger partial charge in [0.1, 0.15) is 10.6 Å². The minimum Gasteiger partial charge on any atom is -0.495 e. The van der Waals surface area contributed by atoms with Crippen LogP contribution in [-0.4, -0.2) is 20.7 Å². The minimum atomic E-state index is -4.05. The molecule has 1 heterocycles. The van der Waals surface area contributed by atoms with Gasteiger partial charge in [-0.05, 0) is 55.2 Å². The van der Waals surface area contributed by atoms with E-state index in [-0.39, 0.29) is 27.4 Å². The maximum Gasteiger partial charge on any atom is 0.266 e. The zero-order valence-electron chi connectivity index (χ0n) is 15.9. The molecule has 30 heavy (non-hydrogen) atoms. The molecular weight excluding hydrogens is 470 g/mol. The summed E-state index contributed by atoms with van der Waals surface area (Å²) < 4.78 is 40.5. The molecule has 1 fully saturated rings. The third kappa shape index (κ3) is 2.90. The molecule has 0 aliphatic heterocycles. The van der Waals surface area contributed by atoms with E-state index in [1.54, 1.807) is 0 Å². The summed E-state index contributed by atoms with van der Waals surface area (Å²) in [5.74, 6) is 0.900. The van der Waals surface area contributed by atoms with Gasteiger partial charge in [-0.15, -0.1) is 0 Å². The summed E-state index contributed by atoms with van der Waals surface area (Å²) in [4.78, 5) is -0.124. The number of hydrogen-bond donors (Lipinski definition) is 1. The first kappa shape index (κ1) is 19.2. The van der Waals surface area contributed by atoms with Crippen LogP contribution in [0.3, 0.4) is 0 Å². The van der Waals surface area contributed by atoms with E-state index in [4.69, 9.17) is 14.5 Å². The van der Waals surface area contributed by atoms with E-state index in [1.807, 2.05) is 18.2 Å². The number of rotatable bonds is 4. The molecule has 0 amide bonds. The molecule has 152 valence electrons. The molecule has 1 N–H and O–H groups in total. The SMILES string of the molecule is COc1ccc(C#N)cc1S(=O)(=O)Nc1noc2c1CC1(CC1)c1ccc(Br)cc1-2. The Morgan fingerprint density at radius 2 is 2.07 bits per heavy atom. The molecule has 1 aromatic heterocycles. The molecule has 2 aliphatic carbocycles. The Hall–Kier alpha value is -2.83. The summed E-state index contributed by atoms with van der Waals surface area (Å²) in [7, 11) is -2.67. The van der Waals surface area contributed by atoms with Crippen molar-refractivity contribution in [2.24, 2.45) is 0 Å². The number of hydrogen-bond acceptors (Lipinski definition) is 6. The average molecular weight is 486 g/mol. The average Bonchev–Trinajstić information content (AvgIpc) is 3.40. The molecule has 1 saturated carbocycles. The molecular formula is C21H16BrN3O4S. The molecule has 0 saturated heterocycles. The Morgan fingerprint density at radius 1 is 1.27 bits per heavy atom. The van der Waals surface area contributed by atoms with Gasteiger partial charge < -0.3 is 9.26 Å². The first-order valence-electron chi connectivity index (χ1n) is 9.27. The van der Waals surface area contributed by atoms with Gasteiger partial charge >= 0.3 is 0 Å². The van der Waals surface area contributed by atoms with Crippen LogP contribution >= 0.6 is 15.9 Å². The van der Waals surface area contributed by atoms with E-state index in [0.717, 1.165) is 28.4 Å². The number of methoxy groups -OCH3 is 1. The van der Waals surface area contributed by atoms with Gasteiger partial charge in [0.25, 0.3) is 10.0 Å². The predicted octanol–water partition coefficient (Wildman–Crippen LogP) is 4.37. The quantitative estimate of drug-likeness (QED) is 0.587. The number of sulfonamides is 1. The maximum absolute atomic E-state index is 13.1. The van der Waals surface area contributed by atoms with E-state index in [0.29, 0.717) is 12.2 Å². The molecule has 5 rings (SSSR count). The van der Waals surface area contributed by atoms with E-state index in [9.17, 15) is 8.42 Å². The topological polar surface area (TPSA) is 105 Å². The highest BCUT2D eigenvalue weighted by molar-refractivity contribution is 9.10. The minimum absolute atomic E-state index is 0.00714. The molecule has 0 radical (unpaired) electrons.